The molecule has 6 heteroatoms. The third-order valence-corrected chi connectivity index (χ3v) is 5.91. The highest BCUT2D eigenvalue weighted by Gasteiger charge is 2.38. The van der Waals surface area contributed by atoms with Crippen LogP contribution in [0.1, 0.15) is 60.0 Å². The van der Waals surface area contributed by atoms with Crippen LogP contribution in [0.15, 0.2) is 36.4 Å². The fourth-order valence-electron chi connectivity index (χ4n) is 4.16. The van der Waals surface area contributed by atoms with Gasteiger partial charge in [-0.2, -0.15) is 0 Å². The lowest BCUT2D eigenvalue weighted by Gasteiger charge is -2.25. The van der Waals surface area contributed by atoms with Gasteiger partial charge in [-0.25, -0.2) is 0 Å². The first-order valence-corrected chi connectivity index (χ1v) is 10.5. The van der Waals surface area contributed by atoms with Crippen molar-refractivity contribution in [2.75, 3.05) is 13.2 Å². The number of carbonyl (C=O) groups is 3. The predicted molar refractivity (Wildman–Crippen MR) is 114 cm³/mol. The predicted octanol–water partition coefficient (Wildman–Crippen LogP) is 3.85. The van der Waals surface area contributed by atoms with Crippen molar-refractivity contribution in [3.63, 3.8) is 0 Å². The van der Waals surface area contributed by atoms with Crippen LogP contribution >= 0.6 is 0 Å². The summed E-state index contributed by atoms with van der Waals surface area (Å²) in [5.41, 5.74) is 3.54. The van der Waals surface area contributed by atoms with Crippen molar-refractivity contribution in [1.82, 2.24) is 9.47 Å². The molecule has 0 bridgehead atoms. The number of ether oxygens (including phenoxy) is 1. The van der Waals surface area contributed by atoms with E-state index in [1.54, 1.807) is 4.90 Å². The van der Waals surface area contributed by atoms with Gasteiger partial charge in [-0.1, -0.05) is 37.3 Å². The number of hydrogen-bond acceptors (Lipinski definition) is 4. The number of aromatic nitrogens is 1. The monoisotopic (exact) mass is 410 g/mol. The zero-order valence-electron chi connectivity index (χ0n) is 18.2. The molecule has 0 N–H and O–H groups in total. The number of carbonyl (C=O) groups excluding carboxylic acids is 3. The molecule has 0 saturated carbocycles. The molecule has 0 unspecified atom stereocenters. The van der Waals surface area contributed by atoms with E-state index in [0.29, 0.717) is 12.1 Å². The minimum atomic E-state index is -0.538. The number of benzene rings is 1. The zero-order chi connectivity index (χ0) is 21.8. The van der Waals surface area contributed by atoms with Gasteiger partial charge in [0, 0.05) is 36.5 Å². The topological polar surface area (TPSA) is 68.6 Å². The third kappa shape index (κ3) is 4.48. The minimum absolute atomic E-state index is 0.0669. The lowest BCUT2D eigenvalue weighted by molar-refractivity contribution is -0.147. The van der Waals surface area contributed by atoms with Gasteiger partial charge < -0.3 is 14.2 Å². The molecule has 1 aromatic heterocycles. The van der Waals surface area contributed by atoms with E-state index in [4.69, 9.17) is 4.74 Å². The summed E-state index contributed by atoms with van der Waals surface area (Å²) in [5, 5.41) is 0. The Balaban J connectivity index is 1.59. The number of likely N-dealkylation sites (tertiary alicyclic amines) is 1. The Hall–Kier alpha value is -2.89. The molecule has 160 valence electrons. The summed E-state index contributed by atoms with van der Waals surface area (Å²) in [6, 6.07) is 11.5. The maximum absolute atomic E-state index is 12.6. The second-order valence-electron chi connectivity index (χ2n) is 8.00. The van der Waals surface area contributed by atoms with E-state index in [0.717, 1.165) is 29.9 Å². The van der Waals surface area contributed by atoms with Crippen molar-refractivity contribution in [2.24, 2.45) is 5.92 Å². The van der Waals surface area contributed by atoms with Crippen LogP contribution in [0.3, 0.4) is 0 Å². The third-order valence-electron chi connectivity index (χ3n) is 5.91. The first kappa shape index (κ1) is 21.8. The summed E-state index contributed by atoms with van der Waals surface area (Å²) in [5.74, 6) is -1.30. The van der Waals surface area contributed by atoms with Gasteiger partial charge in [-0.05, 0) is 38.8 Å². The maximum Gasteiger partial charge on any atom is 0.311 e. The van der Waals surface area contributed by atoms with Crippen LogP contribution in [0, 0.1) is 19.8 Å². The van der Waals surface area contributed by atoms with Crippen LogP contribution in [0.2, 0.25) is 0 Å². The van der Waals surface area contributed by atoms with E-state index >= 15 is 0 Å². The molecule has 1 aliphatic heterocycles. The minimum Gasteiger partial charge on any atom is -0.457 e. The number of rotatable bonds is 8. The van der Waals surface area contributed by atoms with Gasteiger partial charge in [-0.15, -0.1) is 0 Å². The Labute approximate surface area is 177 Å². The van der Waals surface area contributed by atoms with Crippen LogP contribution in [0.4, 0.5) is 0 Å². The normalized spacial score (nSPS) is 17.3. The summed E-state index contributed by atoms with van der Waals surface area (Å²) in [7, 11) is 0. The molecule has 2 heterocycles. The molecule has 0 spiro atoms. The van der Waals surface area contributed by atoms with Crippen molar-refractivity contribution in [1.29, 1.82) is 0 Å². The molecule has 1 saturated heterocycles. The molecule has 1 fully saturated rings. The van der Waals surface area contributed by atoms with Gasteiger partial charge in [-0.3, -0.25) is 14.4 Å². The Morgan fingerprint density at radius 2 is 1.90 bits per heavy atom. The molecule has 1 aliphatic rings. The van der Waals surface area contributed by atoms with E-state index in [9.17, 15) is 14.4 Å². The van der Waals surface area contributed by atoms with Gasteiger partial charge in [0.25, 0.3) is 0 Å². The first-order chi connectivity index (χ1) is 14.3. The summed E-state index contributed by atoms with van der Waals surface area (Å²) in [6.45, 7) is 8.79. The van der Waals surface area contributed by atoms with E-state index in [2.05, 4.69) is 11.5 Å². The Morgan fingerprint density at radius 1 is 1.20 bits per heavy atom. The molecular formula is C24H30N2O4. The average Bonchev–Trinajstić information content (AvgIpc) is 3.27. The zero-order valence-corrected chi connectivity index (χ0v) is 18.2. The van der Waals surface area contributed by atoms with Gasteiger partial charge in [0.15, 0.2) is 6.61 Å². The highest BCUT2D eigenvalue weighted by atomic mass is 16.5. The van der Waals surface area contributed by atoms with Gasteiger partial charge in [0.05, 0.1) is 12.0 Å². The van der Waals surface area contributed by atoms with Crippen LogP contribution in [-0.2, 0) is 20.9 Å². The van der Waals surface area contributed by atoms with E-state index in [-0.39, 0.29) is 30.8 Å². The number of nitrogens with zero attached hydrogens (tertiary/aromatic N) is 2. The number of aryl methyl sites for hydroxylation is 1. The Bertz CT molecular complexity index is 932. The Kier molecular flexibility index (Phi) is 6.75. The van der Waals surface area contributed by atoms with Crippen LogP contribution in [-0.4, -0.2) is 40.3 Å². The molecule has 2 atom stereocenters. The van der Waals surface area contributed by atoms with E-state index in [1.165, 1.54) is 0 Å². The average molecular weight is 411 g/mol. The summed E-state index contributed by atoms with van der Waals surface area (Å²) < 4.78 is 7.42. The fraction of sp³-hybridized carbons (Fsp3) is 0.458. The highest BCUT2D eigenvalue weighted by molar-refractivity contribution is 5.99. The quantitative estimate of drug-likeness (QED) is 0.490. The second-order valence-corrected chi connectivity index (χ2v) is 8.00. The van der Waals surface area contributed by atoms with E-state index in [1.807, 2.05) is 57.2 Å². The molecule has 1 aromatic carbocycles. The summed E-state index contributed by atoms with van der Waals surface area (Å²) in [4.78, 5) is 39.3. The summed E-state index contributed by atoms with van der Waals surface area (Å²) in [6.07, 6.45) is 1.10. The first-order valence-electron chi connectivity index (χ1n) is 10.5. The number of ketones is 1. The van der Waals surface area contributed by atoms with Gasteiger partial charge in [0.2, 0.25) is 11.7 Å². The second kappa shape index (κ2) is 9.28. The van der Waals surface area contributed by atoms with Crippen molar-refractivity contribution >= 4 is 17.7 Å². The lowest BCUT2D eigenvalue weighted by atomic mass is 10.1. The van der Waals surface area contributed by atoms with Crippen LogP contribution < -0.4 is 0 Å². The molecule has 30 heavy (non-hydrogen) atoms. The molecular weight excluding hydrogens is 380 g/mol. The number of amides is 1. The van der Waals surface area contributed by atoms with E-state index < -0.39 is 11.9 Å². The Morgan fingerprint density at radius 3 is 2.57 bits per heavy atom. The molecule has 0 aliphatic carbocycles. The summed E-state index contributed by atoms with van der Waals surface area (Å²) >= 11 is 0. The molecule has 2 aromatic rings. The van der Waals surface area contributed by atoms with Gasteiger partial charge >= 0.3 is 5.97 Å². The standard InChI is InChI=1S/C24H30N2O4/c1-5-11-25-16(2)12-21(18(25)4)22(27)15-30-24(29)20-13-23(28)26(14-20)17(3)19-9-7-6-8-10-19/h6-10,12,17,20H,5,11,13-15H2,1-4H3/t17-,20+/m0/s1. The number of hydrogen-bond donors (Lipinski definition) is 0. The number of Topliss-reactive ketones (excluding diaryl/α,β-unsaturated/α-hetero) is 1. The molecule has 1 amide bonds. The maximum atomic E-state index is 12.6. The highest BCUT2D eigenvalue weighted by Crippen LogP contribution is 2.29. The smallest absolute Gasteiger partial charge is 0.311 e. The molecule has 6 nitrogen and oxygen atoms in total. The fourth-order valence-corrected chi connectivity index (χ4v) is 4.16. The number of esters is 1. The van der Waals surface area contributed by atoms with Crippen molar-refractivity contribution in [2.45, 2.75) is 53.1 Å². The largest absolute Gasteiger partial charge is 0.457 e. The SMILES string of the molecule is CCCn1c(C)cc(C(=O)COC(=O)[C@@H]2CC(=O)N([C@@H](C)c3ccccc3)C2)c1C. The van der Waals surface area contributed by atoms with Crippen molar-refractivity contribution in [3.05, 3.63) is 58.9 Å². The molecule has 3 rings (SSSR count). The van der Waals surface area contributed by atoms with Crippen LogP contribution in [0.5, 0.6) is 0 Å². The van der Waals surface area contributed by atoms with Crippen LogP contribution in [0.25, 0.3) is 0 Å². The molecule has 0 radical (unpaired) electrons. The lowest BCUT2D eigenvalue weighted by Crippen LogP contribution is -2.30. The van der Waals surface area contributed by atoms with Crippen molar-refractivity contribution in [3.8, 4) is 0 Å². The van der Waals surface area contributed by atoms with Gasteiger partial charge in [0.1, 0.15) is 0 Å². The van der Waals surface area contributed by atoms with Crippen molar-refractivity contribution < 1.29 is 19.1 Å².